The van der Waals surface area contributed by atoms with E-state index in [9.17, 15) is 14.4 Å². The maximum Gasteiger partial charge on any atom is 0.309 e. The van der Waals surface area contributed by atoms with Gasteiger partial charge < -0.3 is 14.9 Å². The van der Waals surface area contributed by atoms with E-state index in [1.54, 1.807) is 0 Å². The fourth-order valence-electron chi connectivity index (χ4n) is 1.36. The molecular formula is C12H20O6. The Balaban J connectivity index is 4.38. The first-order chi connectivity index (χ1) is 8.25. The maximum absolute atomic E-state index is 11.6. The summed E-state index contributed by atoms with van der Waals surface area (Å²) in [5.74, 6) is -5.05. The Morgan fingerprint density at radius 3 is 2.06 bits per heavy atom. The second-order valence-corrected chi connectivity index (χ2v) is 4.68. The van der Waals surface area contributed by atoms with Gasteiger partial charge in [-0.2, -0.15) is 0 Å². The normalized spacial score (nSPS) is 14.0. The van der Waals surface area contributed by atoms with Gasteiger partial charge in [0.1, 0.15) is 0 Å². The van der Waals surface area contributed by atoms with Gasteiger partial charge in [-0.1, -0.05) is 20.8 Å². The SMILES string of the molecule is CC(C)CCOC(=O)C(C)C(CC(=O)O)C(=O)O. The molecule has 104 valence electrons. The van der Waals surface area contributed by atoms with Crippen molar-refractivity contribution < 1.29 is 29.3 Å². The van der Waals surface area contributed by atoms with Crippen LogP contribution in [-0.4, -0.2) is 34.7 Å². The summed E-state index contributed by atoms with van der Waals surface area (Å²) in [4.78, 5) is 33.0. The van der Waals surface area contributed by atoms with Crippen molar-refractivity contribution in [2.24, 2.45) is 17.8 Å². The summed E-state index contributed by atoms with van der Waals surface area (Å²) in [5, 5.41) is 17.5. The second kappa shape index (κ2) is 7.68. The van der Waals surface area contributed by atoms with Crippen LogP contribution in [-0.2, 0) is 19.1 Å². The van der Waals surface area contributed by atoms with Gasteiger partial charge in [0, 0.05) is 0 Å². The molecule has 0 amide bonds. The average molecular weight is 260 g/mol. The molecule has 0 aromatic heterocycles. The monoisotopic (exact) mass is 260 g/mol. The van der Waals surface area contributed by atoms with E-state index < -0.39 is 36.2 Å². The number of carboxylic acids is 2. The zero-order valence-electron chi connectivity index (χ0n) is 10.9. The van der Waals surface area contributed by atoms with Crippen molar-refractivity contribution in [3.63, 3.8) is 0 Å². The zero-order chi connectivity index (χ0) is 14.3. The van der Waals surface area contributed by atoms with E-state index in [0.29, 0.717) is 12.3 Å². The van der Waals surface area contributed by atoms with E-state index in [4.69, 9.17) is 14.9 Å². The van der Waals surface area contributed by atoms with Crippen LogP contribution in [0.2, 0.25) is 0 Å². The number of hydrogen-bond acceptors (Lipinski definition) is 4. The number of esters is 1. The molecule has 2 unspecified atom stereocenters. The molecule has 0 aliphatic carbocycles. The first-order valence-corrected chi connectivity index (χ1v) is 5.87. The summed E-state index contributed by atoms with van der Waals surface area (Å²) < 4.78 is 4.93. The molecule has 0 heterocycles. The first kappa shape index (κ1) is 16.4. The number of rotatable bonds is 8. The molecular weight excluding hydrogens is 240 g/mol. The highest BCUT2D eigenvalue weighted by molar-refractivity contribution is 5.84. The highest BCUT2D eigenvalue weighted by atomic mass is 16.5. The molecule has 0 fully saturated rings. The van der Waals surface area contributed by atoms with Gasteiger partial charge in [0.15, 0.2) is 0 Å². The first-order valence-electron chi connectivity index (χ1n) is 5.87. The third-order valence-corrected chi connectivity index (χ3v) is 2.63. The number of carbonyl (C=O) groups is 3. The van der Waals surface area contributed by atoms with Crippen molar-refractivity contribution in [2.45, 2.75) is 33.6 Å². The topological polar surface area (TPSA) is 101 Å². The van der Waals surface area contributed by atoms with Gasteiger partial charge in [0.05, 0.1) is 24.9 Å². The van der Waals surface area contributed by atoms with Crippen LogP contribution in [0.1, 0.15) is 33.6 Å². The summed E-state index contributed by atoms with van der Waals surface area (Å²) >= 11 is 0. The van der Waals surface area contributed by atoms with Gasteiger partial charge in [-0.25, -0.2) is 0 Å². The Morgan fingerprint density at radius 1 is 1.11 bits per heavy atom. The van der Waals surface area contributed by atoms with Crippen LogP contribution in [0.25, 0.3) is 0 Å². The highest BCUT2D eigenvalue weighted by Gasteiger charge is 2.33. The van der Waals surface area contributed by atoms with E-state index in [2.05, 4.69) is 0 Å². The van der Waals surface area contributed by atoms with E-state index in [0.717, 1.165) is 0 Å². The zero-order valence-corrected chi connectivity index (χ0v) is 10.9. The quantitative estimate of drug-likeness (QED) is 0.639. The molecule has 0 saturated carbocycles. The predicted octanol–water partition coefficient (Wildman–Crippen LogP) is 1.39. The summed E-state index contributed by atoms with van der Waals surface area (Å²) in [7, 11) is 0. The molecule has 0 saturated heterocycles. The van der Waals surface area contributed by atoms with Crippen molar-refractivity contribution in [1.82, 2.24) is 0 Å². The lowest BCUT2D eigenvalue weighted by molar-refractivity contribution is -0.159. The van der Waals surface area contributed by atoms with E-state index in [1.807, 2.05) is 13.8 Å². The van der Waals surface area contributed by atoms with Gasteiger partial charge >= 0.3 is 17.9 Å². The predicted molar refractivity (Wildman–Crippen MR) is 63.0 cm³/mol. The number of ether oxygens (including phenoxy) is 1. The maximum atomic E-state index is 11.6. The molecule has 0 aliphatic heterocycles. The third kappa shape index (κ3) is 6.22. The molecule has 0 radical (unpaired) electrons. The van der Waals surface area contributed by atoms with Crippen molar-refractivity contribution in [3.05, 3.63) is 0 Å². The fraction of sp³-hybridized carbons (Fsp3) is 0.750. The molecule has 0 aromatic rings. The number of carbonyl (C=O) groups excluding carboxylic acids is 1. The molecule has 0 rings (SSSR count). The summed E-state index contributed by atoms with van der Waals surface area (Å²) in [5.41, 5.74) is 0. The van der Waals surface area contributed by atoms with Crippen molar-refractivity contribution in [1.29, 1.82) is 0 Å². The molecule has 2 atom stereocenters. The van der Waals surface area contributed by atoms with Crippen molar-refractivity contribution in [3.8, 4) is 0 Å². The lowest BCUT2D eigenvalue weighted by atomic mass is 9.91. The molecule has 0 spiro atoms. The summed E-state index contributed by atoms with van der Waals surface area (Å²) in [6, 6.07) is 0. The van der Waals surface area contributed by atoms with Crippen LogP contribution < -0.4 is 0 Å². The molecule has 0 bridgehead atoms. The number of carboxylic acid groups (broad SMARTS) is 2. The molecule has 2 N–H and O–H groups in total. The summed E-state index contributed by atoms with van der Waals surface area (Å²) in [6.07, 6.45) is 0.102. The van der Waals surface area contributed by atoms with Crippen LogP contribution in [0.4, 0.5) is 0 Å². The standard InChI is InChI=1S/C12H20O6/c1-7(2)4-5-18-12(17)8(3)9(11(15)16)6-10(13)14/h7-9H,4-6H2,1-3H3,(H,13,14)(H,15,16). The van der Waals surface area contributed by atoms with Crippen LogP contribution in [0, 0.1) is 17.8 Å². The van der Waals surface area contributed by atoms with Crippen molar-refractivity contribution in [2.75, 3.05) is 6.61 Å². The van der Waals surface area contributed by atoms with Crippen LogP contribution in [0.15, 0.2) is 0 Å². The smallest absolute Gasteiger partial charge is 0.309 e. The molecule has 6 nitrogen and oxygen atoms in total. The van der Waals surface area contributed by atoms with Gasteiger partial charge in [-0.3, -0.25) is 14.4 Å². The molecule has 6 heteroatoms. The fourth-order valence-corrected chi connectivity index (χ4v) is 1.36. The van der Waals surface area contributed by atoms with E-state index in [-0.39, 0.29) is 6.61 Å². The van der Waals surface area contributed by atoms with Crippen molar-refractivity contribution >= 4 is 17.9 Å². The van der Waals surface area contributed by atoms with Gasteiger partial charge in [-0.05, 0) is 12.3 Å². The minimum atomic E-state index is -1.30. The third-order valence-electron chi connectivity index (χ3n) is 2.63. The average Bonchev–Trinajstić information content (AvgIpc) is 2.23. The number of hydrogen-bond donors (Lipinski definition) is 2. The Morgan fingerprint density at radius 2 is 1.67 bits per heavy atom. The second-order valence-electron chi connectivity index (χ2n) is 4.68. The number of aliphatic carboxylic acids is 2. The Hall–Kier alpha value is -1.59. The van der Waals surface area contributed by atoms with Gasteiger partial charge in [0.25, 0.3) is 0 Å². The van der Waals surface area contributed by atoms with E-state index in [1.165, 1.54) is 6.92 Å². The van der Waals surface area contributed by atoms with Gasteiger partial charge in [-0.15, -0.1) is 0 Å². The largest absolute Gasteiger partial charge is 0.481 e. The highest BCUT2D eigenvalue weighted by Crippen LogP contribution is 2.18. The minimum absolute atomic E-state index is 0.222. The Labute approximate surface area is 106 Å². The van der Waals surface area contributed by atoms with Crippen LogP contribution in [0.3, 0.4) is 0 Å². The molecule has 18 heavy (non-hydrogen) atoms. The summed E-state index contributed by atoms with van der Waals surface area (Å²) in [6.45, 7) is 5.54. The molecule has 0 aromatic carbocycles. The lowest BCUT2D eigenvalue weighted by Gasteiger charge is -2.17. The van der Waals surface area contributed by atoms with Crippen LogP contribution >= 0.6 is 0 Å². The van der Waals surface area contributed by atoms with E-state index >= 15 is 0 Å². The minimum Gasteiger partial charge on any atom is -0.481 e. The Bertz CT molecular complexity index is 310. The van der Waals surface area contributed by atoms with Crippen LogP contribution in [0.5, 0.6) is 0 Å². The van der Waals surface area contributed by atoms with Gasteiger partial charge in [0.2, 0.25) is 0 Å². The molecule has 0 aliphatic rings. The Kier molecular flexibility index (Phi) is 7.00. The lowest BCUT2D eigenvalue weighted by Crippen LogP contribution is -2.31.